The summed E-state index contributed by atoms with van der Waals surface area (Å²) < 4.78 is 0. The Morgan fingerprint density at radius 2 is 0.667 bits per heavy atom. The molecule has 0 spiro atoms. The molecule has 8 aromatic rings. The van der Waals surface area contributed by atoms with Crippen LogP contribution in [0.25, 0.3) is 32.7 Å². The van der Waals surface area contributed by atoms with Crippen LogP contribution in [-0.4, -0.2) is 0 Å². The van der Waals surface area contributed by atoms with E-state index in [0.29, 0.717) is 0 Å². The van der Waals surface area contributed by atoms with Crippen molar-refractivity contribution in [1.82, 2.24) is 0 Å². The number of hydrogen-bond acceptors (Lipinski definition) is 0. The zero-order valence-electron chi connectivity index (χ0n) is 27.2. The van der Waals surface area contributed by atoms with Crippen molar-refractivity contribution in [2.24, 2.45) is 0 Å². The average molecular weight is 651 g/mol. The maximum absolute atomic E-state index is 2.45. The highest BCUT2D eigenvalue weighted by Crippen LogP contribution is 2.46. The molecule has 2 heteroatoms. The summed E-state index contributed by atoms with van der Waals surface area (Å²) in [5.41, 5.74) is 5.38. The zero-order chi connectivity index (χ0) is 32.5. The van der Waals surface area contributed by atoms with Gasteiger partial charge in [0.25, 0.3) is 0 Å². The van der Waals surface area contributed by atoms with Crippen LogP contribution in [0.5, 0.6) is 0 Å². The maximum atomic E-state index is 2.45. The molecule has 8 rings (SSSR count). The van der Waals surface area contributed by atoms with E-state index in [1.165, 1.54) is 75.6 Å². The summed E-state index contributed by atoms with van der Waals surface area (Å²) in [5, 5.41) is 13.5. The average Bonchev–Trinajstić information content (AvgIpc) is 3.14. The molecule has 230 valence electrons. The summed E-state index contributed by atoms with van der Waals surface area (Å²) >= 11 is 0. The van der Waals surface area contributed by atoms with Crippen LogP contribution in [0, 0.1) is 13.8 Å². The molecule has 0 atom stereocenters. The predicted molar refractivity (Wildman–Crippen MR) is 214 cm³/mol. The third kappa shape index (κ3) is 5.56. The summed E-state index contributed by atoms with van der Waals surface area (Å²) in [6.45, 7) is 4.55. The van der Waals surface area contributed by atoms with Gasteiger partial charge in [-0.1, -0.05) is 182 Å². The van der Waals surface area contributed by atoms with Crippen molar-refractivity contribution in [1.29, 1.82) is 0 Å². The Kier molecular flexibility index (Phi) is 8.46. The van der Waals surface area contributed by atoms with E-state index in [-0.39, 0.29) is 0 Å². The zero-order valence-corrected chi connectivity index (χ0v) is 29.0. The third-order valence-electron chi connectivity index (χ3n) is 9.29. The molecule has 8 aromatic carbocycles. The van der Waals surface area contributed by atoms with Gasteiger partial charge in [0.2, 0.25) is 0 Å². The van der Waals surface area contributed by atoms with Gasteiger partial charge in [0, 0.05) is 0 Å². The van der Waals surface area contributed by atoms with Crippen molar-refractivity contribution in [3.63, 3.8) is 0 Å². The Morgan fingerprint density at radius 1 is 0.292 bits per heavy atom. The summed E-state index contributed by atoms with van der Waals surface area (Å²) in [6.07, 6.45) is 0. The normalized spacial score (nSPS) is 11.5. The number of aryl methyl sites for hydroxylation is 2. The van der Waals surface area contributed by atoms with E-state index in [2.05, 4.69) is 196 Å². The van der Waals surface area contributed by atoms with Crippen LogP contribution in [-0.2, 0) is 0 Å². The van der Waals surface area contributed by atoms with Gasteiger partial charge in [-0.2, -0.15) is 0 Å². The summed E-state index contributed by atoms with van der Waals surface area (Å²) in [5.74, 6) is 0. The molecule has 0 bridgehead atoms. The first-order chi connectivity index (χ1) is 23.7. The van der Waals surface area contributed by atoms with E-state index < -0.39 is 15.8 Å². The standard InChI is InChI=1S/C46H36P2/c1-33-17-9-15-27-41(33)48(42-28-16-10-18-34(42)2)44-32-30-36-20-12-14-26-40(36)46(44)45-39-25-13-11-19-35(39)29-31-43(45)47(37-21-5-3-6-22-37)38-23-7-4-8-24-38/h3-32H,1-2H3. The van der Waals surface area contributed by atoms with Crippen molar-refractivity contribution < 1.29 is 0 Å². The minimum atomic E-state index is -0.894. The lowest BCUT2D eigenvalue weighted by Gasteiger charge is -2.29. The smallest absolute Gasteiger partial charge is 0.000883 e. The van der Waals surface area contributed by atoms with Crippen LogP contribution < -0.4 is 31.8 Å². The lowest BCUT2D eigenvalue weighted by Crippen LogP contribution is -2.27. The number of fused-ring (bicyclic) bond motifs is 2. The topological polar surface area (TPSA) is 0 Å². The van der Waals surface area contributed by atoms with Gasteiger partial charge in [-0.15, -0.1) is 0 Å². The third-order valence-corrected chi connectivity index (χ3v) is 14.6. The monoisotopic (exact) mass is 650 g/mol. The van der Waals surface area contributed by atoms with Crippen molar-refractivity contribution in [2.75, 3.05) is 0 Å². The first-order valence-electron chi connectivity index (χ1n) is 16.5. The van der Waals surface area contributed by atoms with Gasteiger partial charge in [0.15, 0.2) is 0 Å². The predicted octanol–water partition coefficient (Wildman–Crippen LogP) is 9.79. The SMILES string of the molecule is Cc1ccccc1P(c1ccccc1C)c1ccc2ccccc2c1-c1c(P(c2ccccc2)c2ccccc2)ccc2ccccc12. The molecular formula is C46H36P2. The molecule has 48 heavy (non-hydrogen) atoms. The minimum Gasteiger partial charge on any atom is -0.0622 e. The van der Waals surface area contributed by atoms with Crippen LogP contribution >= 0.6 is 15.8 Å². The first-order valence-corrected chi connectivity index (χ1v) is 19.2. The van der Waals surface area contributed by atoms with Gasteiger partial charge >= 0.3 is 0 Å². The molecule has 0 saturated heterocycles. The van der Waals surface area contributed by atoms with Crippen LogP contribution in [0.4, 0.5) is 0 Å². The molecule has 0 saturated carbocycles. The number of hydrogen-bond donors (Lipinski definition) is 0. The molecule has 0 radical (unpaired) electrons. The fourth-order valence-corrected chi connectivity index (χ4v) is 12.3. The molecule has 0 amide bonds. The van der Waals surface area contributed by atoms with Crippen LogP contribution in [0.2, 0.25) is 0 Å². The fourth-order valence-electron chi connectivity index (χ4n) is 7.02. The molecule has 0 heterocycles. The van der Waals surface area contributed by atoms with Gasteiger partial charge in [0.05, 0.1) is 0 Å². The second-order valence-corrected chi connectivity index (χ2v) is 16.6. The van der Waals surface area contributed by atoms with Crippen LogP contribution in [0.1, 0.15) is 11.1 Å². The Hall–Kier alpha value is -4.86. The Labute approximate surface area is 286 Å². The van der Waals surface area contributed by atoms with Crippen LogP contribution in [0.15, 0.2) is 182 Å². The highest BCUT2D eigenvalue weighted by Gasteiger charge is 2.29. The molecule has 0 nitrogen and oxygen atoms in total. The largest absolute Gasteiger partial charge is 0.0622 e. The Bertz CT molecular complexity index is 2290. The van der Waals surface area contributed by atoms with Crippen molar-refractivity contribution in [3.8, 4) is 11.1 Å². The lowest BCUT2D eigenvalue weighted by molar-refractivity contribution is 1.50. The molecule has 0 N–H and O–H groups in total. The van der Waals surface area contributed by atoms with E-state index in [4.69, 9.17) is 0 Å². The highest BCUT2D eigenvalue weighted by atomic mass is 31.1. The summed E-state index contributed by atoms with van der Waals surface area (Å²) in [6, 6.07) is 67.8. The molecule has 0 aliphatic heterocycles. The van der Waals surface area contributed by atoms with Gasteiger partial charge < -0.3 is 0 Å². The first kappa shape index (κ1) is 30.5. The lowest BCUT2D eigenvalue weighted by atomic mass is 9.93. The van der Waals surface area contributed by atoms with Crippen LogP contribution in [0.3, 0.4) is 0 Å². The Balaban J connectivity index is 1.55. The molecule has 0 aliphatic carbocycles. The van der Waals surface area contributed by atoms with Gasteiger partial charge in [0.1, 0.15) is 0 Å². The number of benzene rings is 8. The van der Waals surface area contributed by atoms with E-state index >= 15 is 0 Å². The highest BCUT2D eigenvalue weighted by molar-refractivity contribution is 7.81. The van der Waals surface area contributed by atoms with E-state index in [1.807, 2.05) is 0 Å². The maximum Gasteiger partial charge on any atom is -0.000883 e. The quantitative estimate of drug-likeness (QED) is 0.151. The van der Waals surface area contributed by atoms with E-state index in [0.717, 1.165) is 0 Å². The van der Waals surface area contributed by atoms with E-state index in [1.54, 1.807) is 0 Å². The van der Waals surface area contributed by atoms with E-state index in [9.17, 15) is 0 Å². The second kappa shape index (κ2) is 13.3. The summed E-state index contributed by atoms with van der Waals surface area (Å²) in [7, 11) is -1.76. The van der Waals surface area contributed by atoms with Gasteiger partial charge in [-0.3, -0.25) is 0 Å². The molecular weight excluding hydrogens is 614 g/mol. The summed E-state index contributed by atoms with van der Waals surface area (Å²) in [4.78, 5) is 0. The van der Waals surface area contributed by atoms with Crippen molar-refractivity contribution in [3.05, 3.63) is 193 Å². The minimum absolute atomic E-state index is 0.864. The fraction of sp³-hybridized carbons (Fsp3) is 0.0435. The molecule has 0 aromatic heterocycles. The van der Waals surface area contributed by atoms with Crippen molar-refractivity contribution in [2.45, 2.75) is 13.8 Å². The Morgan fingerprint density at radius 3 is 1.12 bits per heavy atom. The molecule has 0 unspecified atom stereocenters. The van der Waals surface area contributed by atoms with Gasteiger partial charge in [-0.05, 0) is 105 Å². The number of rotatable bonds is 7. The molecule has 0 fully saturated rings. The van der Waals surface area contributed by atoms with Gasteiger partial charge in [-0.25, -0.2) is 0 Å². The van der Waals surface area contributed by atoms with Crippen molar-refractivity contribution >= 4 is 69.2 Å². The second-order valence-electron chi connectivity index (χ2n) is 12.3. The molecule has 0 aliphatic rings.